The van der Waals surface area contributed by atoms with Crippen molar-refractivity contribution in [3.63, 3.8) is 0 Å². The molecular weight excluding hydrogens is 712 g/mol. The highest BCUT2D eigenvalue weighted by atomic mass is 16.7. The number of oxime groups is 1. The van der Waals surface area contributed by atoms with Crippen LogP contribution in [0, 0.1) is 17.8 Å². The van der Waals surface area contributed by atoms with Crippen LogP contribution in [0.3, 0.4) is 0 Å². The third-order valence-electron chi connectivity index (χ3n) is 10.8. The van der Waals surface area contributed by atoms with Crippen LogP contribution in [0.5, 0.6) is 11.5 Å². The fraction of sp³-hybridized carbons (Fsp3) is 0.556. The maximum Gasteiger partial charge on any atom is 0.410 e. The second-order valence-electron chi connectivity index (χ2n) is 15.8. The number of unbranched alkanes of at least 4 members (excludes halogenated alkanes) is 2. The summed E-state index contributed by atoms with van der Waals surface area (Å²) in [5.74, 6) is -0.397. The lowest BCUT2D eigenvalue weighted by Crippen LogP contribution is -2.69. The number of fused-ring (bicyclic) bond motifs is 2. The Bertz CT molecular complexity index is 1650. The molecular formula is C45H62N2O9. The Morgan fingerprint density at radius 2 is 1.73 bits per heavy atom. The van der Waals surface area contributed by atoms with Crippen LogP contribution in [0.25, 0.3) is 0 Å². The lowest BCUT2D eigenvalue weighted by atomic mass is 9.55. The average Bonchev–Trinajstić information content (AvgIpc) is 3.19. The largest absolute Gasteiger partial charge is 0.490 e. The van der Waals surface area contributed by atoms with E-state index >= 15 is 0 Å². The van der Waals surface area contributed by atoms with Gasteiger partial charge in [-0.25, -0.2) is 4.79 Å². The molecule has 0 spiro atoms. The number of amides is 1. The summed E-state index contributed by atoms with van der Waals surface area (Å²) in [6.45, 7) is 15.1. The normalized spacial score (nSPS) is 24.6. The van der Waals surface area contributed by atoms with Crippen molar-refractivity contribution in [2.24, 2.45) is 22.9 Å². The molecule has 0 bridgehead atoms. The molecule has 1 heterocycles. The summed E-state index contributed by atoms with van der Waals surface area (Å²) in [4.78, 5) is 21.7. The zero-order chi connectivity index (χ0) is 40.1. The van der Waals surface area contributed by atoms with Crippen LogP contribution < -0.4 is 9.47 Å². The number of hydrogen-bond donors (Lipinski definition) is 2. The number of allylic oxidation sites excluding steroid dienone is 1. The number of nitrogens with zero attached hydrogens (tertiary/aromatic N) is 2. The van der Waals surface area contributed by atoms with Gasteiger partial charge in [-0.05, 0) is 87.6 Å². The maximum atomic E-state index is 14.0. The third-order valence-corrected chi connectivity index (χ3v) is 10.8. The van der Waals surface area contributed by atoms with Gasteiger partial charge in [-0.3, -0.25) is 0 Å². The van der Waals surface area contributed by atoms with Gasteiger partial charge in [0.1, 0.15) is 36.4 Å². The monoisotopic (exact) mass is 774 g/mol. The molecule has 1 fully saturated rings. The molecule has 11 nitrogen and oxygen atoms in total. The quantitative estimate of drug-likeness (QED) is 0.0738. The molecule has 2 aromatic carbocycles. The zero-order valence-electron chi connectivity index (χ0n) is 33.7. The standard InChI is InChI=1S/C45H62N2O9/c1-7-24-52-34-20-21-39-37(29-34)41-35(19-13-15-23-49)33(18-12-14-22-48)28-36-38(46-56-44(3,4)5)30-40(45(55-39,42(36)41)54-25-8-2)47(6)43(50)53-27-26-51-31-32-16-10-9-11-17-32/h7-11,16-17,20-21,28-29,33,35,40-42,48-49H,1-2,12-15,18-19,22-27,30-31H2,3-6H3/t33-,35+,40-,41+,42+,45+/m0/s1. The fourth-order valence-corrected chi connectivity index (χ4v) is 8.35. The van der Waals surface area contributed by atoms with Gasteiger partial charge in [0, 0.05) is 38.2 Å². The molecule has 1 saturated carbocycles. The Hall–Kier alpha value is -4.16. The van der Waals surface area contributed by atoms with Crippen LogP contribution in [0.15, 0.2) is 90.6 Å². The zero-order valence-corrected chi connectivity index (χ0v) is 33.7. The lowest BCUT2D eigenvalue weighted by Gasteiger charge is -2.59. The Balaban J connectivity index is 1.61. The first-order valence-corrected chi connectivity index (χ1v) is 20.1. The van der Waals surface area contributed by atoms with Gasteiger partial charge in [-0.15, -0.1) is 6.58 Å². The lowest BCUT2D eigenvalue weighted by molar-refractivity contribution is -0.253. The maximum absolute atomic E-state index is 14.0. The highest BCUT2D eigenvalue weighted by Crippen LogP contribution is 2.61. The molecule has 5 rings (SSSR count). The van der Waals surface area contributed by atoms with E-state index in [9.17, 15) is 15.0 Å². The highest BCUT2D eigenvalue weighted by Gasteiger charge is 2.65. The number of rotatable bonds is 21. The number of carbonyl (C=O) groups excluding carboxylic acids is 1. The Morgan fingerprint density at radius 3 is 2.43 bits per heavy atom. The van der Waals surface area contributed by atoms with Gasteiger partial charge in [0.25, 0.3) is 0 Å². The van der Waals surface area contributed by atoms with Gasteiger partial charge in [-0.2, -0.15) is 0 Å². The summed E-state index contributed by atoms with van der Waals surface area (Å²) in [5.41, 5.74) is 3.13. The number of aliphatic hydroxyl groups is 2. The summed E-state index contributed by atoms with van der Waals surface area (Å²) in [6.07, 6.45) is 10.2. The van der Waals surface area contributed by atoms with Crippen LogP contribution in [0.2, 0.25) is 0 Å². The van der Waals surface area contributed by atoms with Crippen molar-refractivity contribution < 1.29 is 43.5 Å². The number of aliphatic hydroxyl groups excluding tert-OH is 2. The van der Waals surface area contributed by atoms with Crippen molar-refractivity contribution in [2.45, 2.75) is 95.7 Å². The van der Waals surface area contributed by atoms with Crippen LogP contribution in [-0.2, 0) is 25.7 Å². The molecule has 3 aliphatic rings. The first kappa shape index (κ1) is 43.0. The Kier molecular flexibility index (Phi) is 15.6. The van der Waals surface area contributed by atoms with E-state index in [1.165, 1.54) is 0 Å². The molecule has 1 amide bonds. The van der Waals surface area contributed by atoms with Crippen LogP contribution >= 0.6 is 0 Å². The van der Waals surface area contributed by atoms with Crippen molar-refractivity contribution in [2.75, 3.05) is 46.7 Å². The number of carbonyl (C=O) groups is 1. The second kappa shape index (κ2) is 20.3. The fourth-order valence-electron chi connectivity index (χ4n) is 8.35. The summed E-state index contributed by atoms with van der Waals surface area (Å²) in [7, 11) is 1.72. The molecule has 0 aromatic heterocycles. The highest BCUT2D eigenvalue weighted by molar-refractivity contribution is 6.03. The first-order valence-electron chi connectivity index (χ1n) is 20.1. The molecule has 2 aromatic rings. The van der Waals surface area contributed by atoms with E-state index in [-0.39, 0.29) is 57.2 Å². The molecule has 2 N–H and O–H groups in total. The molecule has 306 valence electrons. The van der Waals surface area contributed by atoms with Gasteiger partial charge >= 0.3 is 6.09 Å². The van der Waals surface area contributed by atoms with Gasteiger partial charge < -0.3 is 43.6 Å². The summed E-state index contributed by atoms with van der Waals surface area (Å²) in [6, 6.07) is 15.0. The molecule has 56 heavy (non-hydrogen) atoms. The van der Waals surface area contributed by atoms with Crippen LogP contribution in [-0.4, -0.2) is 91.0 Å². The summed E-state index contributed by atoms with van der Waals surface area (Å²) < 4.78 is 31.8. The molecule has 0 saturated heterocycles. The van der Waals surface area contributed by atoms with E-state index in [0.717, 1.165) is 48.1 Å². The number of likely N-dealkylation sites (N-methyl/N-ethyl adjacent to an activating group) is 1. The predicted molar refractivity (Wildman–Crippen MR) is 217 cm³/mol. The number of ether oxygens (including phenoxy) is 5. The van der Waals surface area contributed by atoms with Gasteiger partial charge in [0.2, 0.25) is 5.79 Å². The molecule has 11 heteroatoms. The minimum atomic E-state index is -1.37. The minimum Gasteiger partial charge on any atom is -0.490 e. The van der Waals surface area contributed by atoms with E-state index in [2.05, 4.69) is 25.3 Å². The molecule has 0 radical (unpaired) electrons. The van der Waals surface area contributed by atoms with Crippen molar-refractivity contribution in [3.8, 4) is 11.5 Å². The van der Waals surface area contributed by atoms with Crippen LogP contribution in [0.1, 0.15) is 82.8 Å². The van der Waals surface area contributed by atoms with E-state index in [1.54, 1.807) is 24.1 Å². The van der Waals surface area contributed by atoms with E-state index < -0.39 is 29.4 Å². The topological polar surface area (TPSA) is 129 Å². The Labute approximate surface area is 332 Å². The molecule has 6 atom stereocenters. The Morgan fingerprint density at radius 1 is 1.00 bits per heavy atom. The smallest absolute Gasteiger partial charge is 0.410 e. The van der Waals surface area contributed by atoms with Crippen molar-refractivity contribution in [1.29, 1.82) is 0 Å². The van der Waals surface area contributed by atoms with E-state index in [0.29, 0.717) is 37.6 Å². The van der Waals surface area contributed by atoms with Crippen LogP contribution in [0.4, 0.5) is 4.79 Å². The summed E-state index contributed by atoms with van der Waals surface area (Å²) in [5, 5.41) is 24.5. The molecule has 2 aliphatic carbocycles. The van der Waals surface area contributed by atoms with Gasteiger partial charge in [0.05, 0.1) is 31.5 Å². The first-order chi connectivity index (χ1) is 27.1. The SMILES string of the molecule is C=CCOc1ccc2c(c1)[C@H]1[C@H](CCCCO)[C@@H](CCCCO)C=C3C(=NOC(C)(C)C)C[C@H](N(C)C(=O)OCCOCc4ccccc4)[C@@](OCC=C)(O2)[C@H]31. The van der Waals surface area contributed by atoms with Crippen molar-refractivity contribution in [1.82, 2.24) is 4.90 Å². The predicted octanol–water partition coefficient (Wildman–Crippen LogP) is 7.97. The number of benzene rings is 2. The van der Waals surface area contributed by atoms with Crippen molar-refractivity contribution in [3.05, 3.63) is 96.6 Å². The summed E-state index contributed by atoms with van der Waals surface area (Å²) >= 11 is 0. The number of hydrogen-bond acceptors (Lipinski definition) is 10. The van der Waals surface area contributed by atoms with Gasteiger partial charge in [0.15, 0.2) is 0 Å². The van der Waals surface area contributed by atoms with Crippen molar-refractivity contribution >= 4 is 11.8 Å². The third kappa shape index (κ3) is 10.4. The van der Waals surface area contributed by atoms with E-state index in [1.807, 2.05) is 63.2 Å². The average molecular weight is 775 g/mol. The second-order valence-corrected chi connectivity index (χ2v) is 15.8. The minimum absolute atomic E-state index is 0.0636. The van der Waals surface area contributed by atoms with Gasteiger partial charge in [-0.1, -0.05) is 73.1 Å². The molecule has 0 unspecified atom stereocenters. The molecule has 1 aliphatic heterocycles. The van der Waals surface area contributed by atoms with E-state index in [4.69, 9.17) is 33.7 Å².